The summed E-state index contributed by atoms with van der Waals surface area (Å²) in [6.07, 6.45) is 1.74. The second-order valence-corrected chi connectivity index (χ2v) is 4.49. The number of methoxy groups -OCH3 is 1. The predicted octanol–water partition coefficient (Wildman–Crippen LogP) is 2.66. The zero-order chi connectivity index (χ0) is 14.8. The second kappa shape index (κ2) is 5.24. The highest BCUT2D eigenvalue weighted by atomic mass is 19.1. The minimum Gasteiger partial charge on any atom is -0.494 e. The van der Waals surface area contributed by atoms with Gasteiger partial charge in [0, 0.05) is 11.3 Å². The van der Waals surface area contributed by atoms with E-state index in [1.165, 1.54) is 12.1 Å². The van der Waals surface area contributed by atoms with Crippen molar-refractivity contribution < 1.29 is 9.13 Å². The van der Waals surface area contributed by atoms with Gasteiger partial charge >= 0.3 is 0 Å². The molecule has 21 heavy (non-hydrogen) atoms. The van der Waals surface area contributed by atoms with Crippen molar-refractivity contribution in [2.24, 2.45) is 0 Å². The van der Waals surface area contributed by atoms with Gasteiger partial charge in [0.25, 0.3) is 0 Å². The number of nitrogens with two attached hydrogens (primary N) is 1. The molecule has 0 aliphatic heterocycles. The Morgan fingerprint density at radius 2 is 1.90 bits per heavy atom. The maximum Gasteiger partial charge on any atom is 0.144 e. The number of aromatic nitrogens is 3. The van der Waals surface area contributed by atoms with Crippen molar-refractivity contribution in [1.29, 1.82) is 0 Å². The molecular weight excluding hydrogens is 271 g/mol. The van der Waals surface area contributed by atoms with Crippen LogP contribution in [0.5, 0.6) is 5.75 Å². The number of hydrogen-bond acceptors (Lipinski definition) is 4. The van der Waals surface area contributed by atoms with Crippen LogP contribution in [0, 0.1) is 5.82 Å². The summed E-state index contributed by atoms with van der Waals surface area (Å²) in [6, 6.07) is 11.3. The number of rotatable bonds is 3. The molecule has 0 amide bonds. The van der Waals surface area contributed by atoms with E-state index in [-0.39, 0.29) is 5.82 Å². The van der Waals surface area contributed by atoms with Crippen LogP contribution in [0.1, 0.15) is 0 Å². The monoisotopic (exact) mass is 284 g/mol. The highest BCUT2D eigenvalue weighted by Crippen LogP contribution is 2.26. The van der Waals surface area contributed by atoms with E-state index in [1.807, 2.05) is 0 Å². The Labute approximate surface area is 120 Å². The lowest BCUT2D eigenvalue weighted by Crippen LogP contribution is -2.00. The molecule has 0 radical (unpaired) electrons. The minimum absolute atomic E-state index is 0.288. The van der Waals surface area contributed by atoms with Gasteiger partial charge in [0.05, 0.1) is 13.3 Å². The van der Waals surface area contributed by atoms with Crippen molar-refractivity contribution in [1.82, 2.24) is 15.0 Å². The molecule has 1 heterocycles. The first-order valence-electron chi connectivity index (χ1n) is 6.29. The first kappa shape index (κ1) is 13.1. The maximum atomic E-state index is 12.9. The van der Waals surface area contributed by atoms with E-state index in [1.54, 1.807) is 48.3 Å². The number of nitrogens with zero attached hydrogens (tertiary/aromatic N) is 3. The minimum atomic E-state index is -0.288. The summed E-state index contributed by atoms with van der Waals surface area (Å²) >= 11 is 0. The Morgan fingerprint density at radius 3 is 2.62 bits per heavy atom. The Morgan fingerprint density at radius 1 is 1.14 bits per heavy atom. The molecule has 0 atom stereocenters. The number of halogens is 1. The molecule has 0 spiro atoms. The summed E-state index contributed by atoms with van der Waals surface area (Å²) in [6.45, 7) is 0. The lowest BCUT2D eigenvalue weighted by Gasteiger charge is -2.08. The van der Waals surface area contributed by atoms with E-state index < -0.39 is 0 Å². The number of nitrogen functional groups attached to an aromatic ring is 1. The fourth-order valence-corrected chi connectivity index (χ4v) is 2.02. The number of hydrogen-bond donors (Lipinski definition) is 1. The predicted molar refractivity (Wildman–Crippen MR) is 77.7 cm³/mol. The highest BCUT2D eigenvalue weighted by molar-refractivity contribution is 5.60. The molecule has 5 nitrogen and oxygen atoms in total. The topological polar surface area (TPSA) is 66.0 Å². The van der Waals surface area contributed by atoms with Crippen LogP contribution in [0.25, 0.3) is 16.9 Å². The van der Waals surface area contributed by atoms with Crippen molar-refractivity contribution in [2.75, 3.05) is 12.8 Å². The summed E-state index contributed by atoms with van der Waals surface area (Å²) in [5.41, 5.74) is 8.51. The Kier molecular flexibility index (Phi) is 3.27. The van der Waals surface area contributed by atoms with Gasteiger partial charge in [0.1, 0.15) is 22.9 Å². The van der Waals surface area contributed by atoms with E-state index in [9.17, 15) is 4.39 Å². The summed E-state index contributed by atoms with van der Waals surface area (Å²) in [7, 11) is 1.58. The van der Waals surface area contributed by atoms with Crippen LogP contribution in [0.4, 0.5) is 10.1 Å². The summed E-state index contributed by atoms with van der Waals surface area (Å²) < 4.78 is 19.8. The van der Waals surface area contributed by atoms with Gasteiger partial charge in [-0.1, -0.05) is 5.21 Å². The van der Waals surface area contributed by atoms with Gasteiger partial charge < -0.3 is 10.5 Å². The van der Waals surface area contributed by atoms with Gasteiger partial charge in [-0.05, 0) is 42.5 Å². The van der Waals surface area contributed by atoms with Gasteiger partial charge in [-0.15, -0.1) is 5.10 Å². The Bertz CT molecular complexity index is 768. The van der Waals surface area contributed by atoms with Crippen LogP contribution < -0.4 is 10.5 Å². The molecule has 3 rings (SSSR count). The molecule has 0 aliphatic rings. The number of benzene rings is 2. The van der Waals surface area contributed by atoms with E-state index in [2.05, 4.69) is 10.3 Å². The van der Waals surface area contributed by atoms with E-state index in [0.717, 1.165) is 5.56 Å². The normalized spacial score (nSPS) is 10.6. The molecule has 0 fully saturated rings. The van der Waals surface area contributed by atoms with Gasteiger partial charge in [0.2, 0.25) is 0 Å². The average molecular weight is 284 g/mol. The third kappa shape index (κ3) is 2.55. The summed E-state index contributed by atoms with van der Waals surface area (Å²) in [4.78, 5) is 0. The Hall–Kier alpha value is -2.89. The van der Waals surface area contributed by atoms with Crippen molar-refractivity contribution in [2.45, 2.75) is 0 Å². The summed E-state index contributed by atoms with van der Waals surface area (Å²) in [5.74, 6) is 0.350. The number of anilines is 1. The molecule has 3 aromatic rings. The molecular formula is C15H13FN4O. The first-order valence-corrected chi connectivity index (χ1v) is 6.29. The van der Waals surface area contributed by atoms with Crippen molar-refractivity contribution in [3.05, 3.63) is 54.5 Å². The molecule has 1 aromatic heterocycles. The van der Waals surface area contributed by atoms with Crippen LogP contribution in [0.2, 0.25) is 0 Å². The van der Waals surface area contributed by atoms with Crippen molar-refractivity contribution >= 4 is 5.69 Å². The van der Waals surface area contributed by atoms with Crippen molar-refractivity contribution in [3.8, 4) is 22.7 Å². The third-order valence-corrected chi connectivity index (χ3v) is 3.08. The first-order chi connectivity index (χ1) is 10.2. The van der Waals surface area contributed by atoms with Crippen LogP contribution in [-0.2, 0) is 0 Å². The molecule has 0 aliphatic carbocycles. The lowest BCUT2D eigenvalue weighted by atomic mass is 10.2. The molecule has 2 N–H and O–H groups in total. The van der Waals surface area contributed by atoms with Crippen LogP contribution in [0.15, 0.2) is 48.7 Å². The molecule has 0 saturated heterocycles. The third-order valence-electron chi connectivity index (χ3n) is 3.08. The fourth-order valence-electron chi connectivity index (χ4n) is 2.02. The van der Waals surface area contributed by atoms with Crippen molar-refractivity contribution in [3.63, 3.8) is 0 Å². The standard InChI is InChI=1S/C15H13FN4O/c1-21-15-7-6-12(17)8-14(15)20-9-13(18-19-20)10-2-4-11(16)5-3-10/h2-9H,17H2,1H3. The molecule has 0 bridgehead atoms. The highest BCUT2D eigenvalue weighted by Gasteiger charge is 2.10. The Balaban J connectivity index is 2.02. The van der Waals surface area contributed by atoms with Gasteiger partial charge in [-0.3, -0.25) is 0 Å². The van der Waals surface area contributed by atoms with Crippen LogP contribution in [0.3, 0.4) is 0 Å². The smallest absolute Gasteiger partial charge is 0.144 e. The largest absolute Gasteiger partial charge is 0.494 e. The molecule has 6 heteroatoms. The fraction of sp³-hybridized carbons (Fsp3) is 0.0667. The average Bonchev–Trinajstić information content (AvgIpc) is 2.97. The van der Waals surface area contributed by atoms with Crippen LogP contribution >= 0.6 is 0 Å². The zero-order valence-electron chi connectivity index (χ0n) is 11.3. The molecule has 106 valence electrons. The van der Waals surface area contributed by atoms with Gasteiger partial charge in [0.15, 0.2) is 0 Å². The number of ether oxygens (including phenoxy) is 1. The summed E-state index contributed by atoms with van der Waals surface area (Å²) in [5, 5.41) is 8.16. The second-order valence-electron chi connectivity index (χ2n) is 4.49. The van der Waals surface area contributed by atoms with E-state index in [4.69, 9.17) is 10.5 Å². The quantitative estimate of drug-likeness (QED) is 0.751. The van der Waals surface area contributed by atoms with Crippen LogP contribution in [-0.4, -0.2) is 22.1 Å². The van der Waals surface area contributed by atoms with E-state index >= 15 is 0 Å². The van der Waals surface area contributed by atoms with Gasteiger partial charge in [-0.2, -0.15) is 0 Å². The zero-order valence-corrected chi connectivity index (χ0v) is 11.3. The molecule has 0 saturated carbocycles. The van der Waals surface area contributed by atoms with E-state index in [0.29, 0.717) is 22.8 Å². The maximum absolute atomic E-state index is 12.9. The SMILES string of the molecule is COc1ccc(N)cc1-n1cc(-c2ccc(F)cc2)nn1. The molecule has 0 unspecified atom stereocenters. The molecule has 2 aromatic carbocycles. The van der Waals surface area contributed by atoms with Gasteiger partial charge in [-0.25, -0.2) is 9.07 Å². The lowest BCUT2D eigenvalue weighted by molar-refractivity contribution is 0.411.